The predicted octanol–water partition coefficient (Wildman–Crippen LogP) is 4.03. The Morgan fingerprint density at radius 1 is 1.28 bits per heavy atom. The Labute approximate surface area is 174 Å². The van der Waals surface area contributed by atoms with Crippen molar-refractivity contribution in [2.24, 2.45) is 0 Å². The second-order valence-corrected chi connectivity index (χ2v) is 8.20. The third-order valence-electron chi connectivity index (χ3n) is 4.76. The number of hydrogen-bond donors (Lipinski definition) is 0. The van der Waals surface area contributed by atoms with Gasteiger partial charge < -0.3 is 4.90 Å². The van der Waals surface area contributed by atoms with Gasteiger partial charge in [-0.1, -0.05) is 23.4 Å². The molecule has 2 aromatic carbocycles. The molecular formula is C20H16ClF2N3O2S. The summed E-state index contributed by atoms with van der Waals surface area (Å²) in [6, 6.07) is 7.83. The average molecular weight is 436 g/mol. The number of nitrogens with zero attached hydrogens (tertiary/aromatic N) is 3. The molecule has 0 atom stereocenters. The number of thioether (sulfide) groups is 1. The maximum atomic E-state index is 14.5. The first-order valence-electron chi connectivity index (χ1n) is 8.91. The van der Waals surface area contributed by atoms with Crippen LogP contribution in [0.2, 0.25) is 5.02 Å². The van der Waals surface area contributed by atoms with Crippen molar-refractivity contribution in [3.63, 3.8) is 0 Å². The van der Waals surface area contributed by atoms with Crippen LogP contribution in [0.3, 0.4) is 0 Å². The molecule has 0 N–H and O–H groups in total. The monoisotopic (exact) mass is 435 g/mol. The van der Waals surface area contributed by atoms with Gasteiger partial charge in [-0.05, 0) is 43.2 Å². The Balaban J connectivity index is 1.81. The first kappa shape index (κ1) is 19.8. The summed E-state index contributed by atoms with van der Waals surface area (Å²) in [4.78, 5) is 31.7. The van der Waals surface area contributed by atoms with Gasteiger partial charge in [0, 0.05) is 24.2 Å². The third kappa shape index (κ3) is 4.00. The molecule has 29 heavy (non-hydrogen) atoms. The van der Waals surface area contributed by atoms with Crippen LogP contribution in [0.25, 0.3) is 16.6 Å². The molecule has 1 aromatic heterocycles. The highest BCUT2D eigenvalue weighted by Gasteiger charge is 2.29. The molecule has 0 aliphatic heterocycles. The molecule has 5 nitrogen and oxygen atoms in total. The minimum absolute atomic E-state index is 0.0430. The lowest BCUT2D eigenvalue weighted by atomic mass is 10.2. The van der Waals surface area contributed by atoms with E-state index in [9.17, 15) is 18.4 Å². The lowest BCUT2D eigenvalue weighted by Crippen LogP contribution is -2.30. The van der Waals surface area contributed by atoms with Crippen LogP contribution in [0.1, 0.15) is 12.8 Å². The standard InChI is InChI=1S/C20H16ClF2N3O2S/c1-25(13-4-5-13)18(27)10-29-20-24-16-6-2-11(21)8-14(16)19(28)26(20)17-7-3-12(22)9-15(17)23/h2-3,6-9,13H,4-5,10H2,1H3. The van der Waals surface area contributed by atoms with E-state index in [4.69, 9.17) is 11.6 Å². The fraction of sp³-hybridized carbons (Fsp3) is 0.250. The Hall–Kier alpha value is -2.45. The first-order valence-corrected chi connectivity index (χ1v) is 10.3. The summed E-state index contributed by atoms with van der Waals surface area (Å²) in [5.74, 6) is -1.72. The number of fused-ring (bicyclic) bond motifs is 1. The second kappa shape index (κ2) is 7.76. The summed E-state index contributed by atoms with van der Waals surface area (Å²) in [6.07, 6.45) is 1.96. The zero-order valence-corrected chi connectivity index (χ0v) is 16.9. The van der Waals surface area contributed by atoms with Gasteiger partial charge in [-0.3, -0.25) is 14.2 Å². The number of carbonyl (C=O) groups excluding carboxylic acids is 1. The maximum absolute atomic E-state index is 14.5. The van der Waals surface area contributed by atoms with Crippen LogP contribution in [-0.2, 0) is 4.79 Å². The van der Waals surface area contributed by atoms with Gasteiger partial charge in [-0.2, -0.15) is 0 Å². The van der Waals surface area contributed by atoms with E-state index in [1.807, 2.05) is 0 Å². The number of rotatable bonds is 5. The molecule has 1 aliphatic rings. The smallest absolute Gasteiger partial charge is 0.266 e. The van der Waals surface area contributed by atoms with E-state index in [0.717, 1.165) is 35.2 Å². The van der Waals surface area contributed by atoms with Gasteiger partial charge in [-0.25, -0.2) is 13.8 Å². The number of benzene rings is 2. The van der Waals surface area contributed by atoms with Crippen LogP contribution in [0.15, 0.2) is 46.3 Å². The van der Waals surface area contributed by atoms with Crippen molar-refractivity contribution in [1.82, 2.24) is 14.5 Å². The van der Waals surface area contributed by atoms with Gasteiger partial charge in [0.25, 0.3) is 5.56 Å². The van der Waals surface area contributed by atoms with E-state index in [2.05, 4.69) is 4.98 Å². The minimum Gasteiger partial charge on any atom is -0.342 e. The number of halogens is 3. The normalized spacial score (nSPS) is 13.7. The highest BCUT2D eigenvalue weighted by Crippen LogP contribution is 2.28. The van der Waals surface area contributed by atoms with E-state index in [1.165, 1.54) is 12.1 Å². The molecule has 0 unspecified atom stereocenters. The van der Waals surface area contributed by atoms with Crippen LogP contribution < -0.4 is 5.56 Å². The lowest BCUT2D eigenvalue weighted by molar-refractivity contribution is -0.127. The van der Waals surface area contributed by atoms with Gasteiger partial charge >= 0.3 is 0 Å². The number of hydrogen-bond acceptors (Lipinski definition) is 4. The Bertz CT molecular complexity index is 1180. The third-order valence-corrected chi connectivity index (χ3v) is 5.92. The van der Waals surface area contributed by atoms with E-state index in [0.29, 0.717) is 16.6 Å². The topological polar surface area (TPSA) is 55.2 Å². The number of carbonyl (C=O) groups is 1. The minimum atomic E-state index is -0.904. The fourth-order valence-electron chi connectivity index (χ4n) is 3.00. The van der Waals surface area contributed by atoms with Crippen LogP contribution in [0, 0.1) is 11.6 Å². The summed E-state index contributed by atoms with van der Waals surface area (Å²) >= 11 is 7.04. The largest absolute Gasteiger partial charge is 0.342 e. The van der Waals surface area contributed by atoms with Crippen LogP contribution in [-0.4, -0.2) is 39.2 Å². The van der Waals surface area contributed by atoms with Gasteiger partial charge in [-0.15, -0.1) is 0 Å². The molecule has 1 amide bonds. The molecule has 150 valence electrons. The number of amides is 1. The van der Waals surface area contributed by atoms with Crippen molar-refractivity contribution >= 4 is 40.2 Å². The van der Waals surface area contributed by atoms with E-state index in [-0.39, 0.29) is 33.9 Å². The van der Waals surface area contributed by atoms with Crippen LogP contribution >= 0.6 is 23.4 Å². The Kier molecular flexibility index (Phi) is 5.31. The molecule has 1 fully saturated rings. The number of aromatic nitrogens is 2. The summed E-state index contributed by atoms with van der Waals surface area (Å²) in [6.45, 7) is 0. The fourth-order valence-corrected chi connectivity index (χ4v) is 4.10. The van der Waals surface area contributed by atoms with Crippen LogP contribution in [0.4, 0.5) is 8.78 Å². The van der Waals surface area contributed by atoms with Gasteiger partial charge in [0.15, 0.2) is 5.16 Å². The summed E-state index contributed by atoms with van der Waals surface area (Å²) in [5, 5.41) is 0.684. The van der Waals surface area contributed by atoms with Crippen LogP contribution in [0.5, 0.6) is 0 Å². The van der Waals surface area contributed by atoms with Gasteiger partial charge in [0.2, 0.25) is 5.91 Å². The maximum Gasteiger partial charge on any atom is 0.266 e. The Morgan fingerprint density at radius 2 is 2.03 bits per heavy atom. The molecule has 0 bridgehead atoms. The van der Waals surface area contributed by atoms with Crippen molar-refractivity contribution in [2.45, 2.75) is 24.0 Å². The second-order valence-electron chi connectivity index (χ2n) is 6.82. The quantitative estimate of drug-likeness (QED) is 0.448. The van der Waals surface area contributed by atoms with Crippen molar-refractivity contribution < 1.29 is 13.6 Å². The SMILES string of the molecule is CN(C(=O)CSc1nc2ccc(Cl)cc2c(=O)n1-c1ccc(F)cc1F)C1CC1. The first-order chi connectivity index (χ1) is 13.8. The molecule has 1 saturated carbocycles. The molecule has 3 aromatic rings. The molecule has 1 aliphatic carbocycles. The predicted molar refractivity (Wildman–Crippen MR) is 109 cm³/mol. The summed E-state index contributed by atoms with van der Waals surface area (Å²) in [7, 11) is 1.74. The van der Waals surface area contributed by atoms with Crippen molar-refractivity contribution in [1.29, 1.82) is 0 Å². The molecule has 4 rings (SSSR count). The molecule has 0 radical (unpaired) electrons. The highest BCUT2D eigenvalue weighted by atomic mass is 35.5. The molecule has 0 spiro atoms. The average Bonchev–Trinajstić information content (AvgIpc) is 3.52. The molecular weight excluding hydrogens is 420 g/mol. The van der Waals surface area contributed by atoms with E-state index >= 15 is 0 Å². The zero-order valence-electron chi connectivity index (χ0n) is 15.4. The Morgan fingerprint density at radius 3 is 2.72 bits per heavy atom. The zero-order chi connectivity index (χ0) is 20.7. The lowest BCUT2D eigenvalue weighted by Gasteiger charge is -2.17. The van der Waals surface area contributed by atoms with E-state index in [1.54, 1.807) is 24.1 Å². The summed E-state index contributed by atoms with van der Waals surface area (Å²) in [5.41, 5.74) is -0.312. The van der Waals surface area contributed by atoms with Crippen molar-refractivity contribution in [3.05, 3.63) is 63.4 Å². The van der Waals surface area contributed by atoms with Gasteiger partial charge in [0.1, 0.15) is 11.6 Å². The summed E-state index contributed by atoms with van der Waals surface area (Å²) < 4.78 is 28.9. The van der Waals surface area contributed by atoms with Crippen molar-refractivity contribution in [3.8, 4) is 5.69 Å². The van der Waals surface area contributed by atoms with E-state index < -0.39 is 17.2 Å². The molecule has 9 heteroatoms. The molecule has 0 saturated heterocycles. The van der Waals surface area contributed by atoms with Gasteiger partial charge in [0.05, 0.1) is 22.3 Å². The highest BCUT2D eigenvalue weighted by molar-refractivity contribution is 7.99. The van der Waals surface area contributed by atoms with Crippen molar-refractivity contribution in [2.75, 3.05) is 12.8 Å². The molecule has 1 heterocycles.